The van der Waals surface area contributed by atoms with E-state index in [2.05, 4.69) is 0 Å². The first-order valence-electron chi connectivity index (χ1n) is 8.07. The molecule has 2 aliphatic rings. The Hall–Kier alpha value is -2.44. The van der Waals surface area contributed by atoms with Crippen molar-refractivity contribution in [3.63, 3.8) is 0 Å². The maximum Gasteiger partial charge on any atom is 0.231 e. The quantitative estimate of drug-likeness (QED) is 0.778. The van der Waals surface area contributed by atoms with Gasteiger partial charge < -0.3 is 29.3 Å². The zero-order valence-corrected chi connectivity index (χ0v) is 13.2. The topological polar surface area (TPSA) is 72.6 Å². The van der Waals surface area contributed by atoms with E-state index < -0.39 is 0 Å². The first kappa shape index (κ1) is 15.1. The summed E-state index contributed by atoms with van der Waals surface area (Å²) in [7, 11) is 0. The van der Waals surface area contributed by atoms with Crippen LogP contribution in [0.5, 0.6) is 23.0 Å². The molecule has 0 aromatic heterocycles. The molecule has 2 aromatic carbocycles. The summed E-state index contributed by atoms with van der Waals surface area (Å²) < 4.78 is 16.3. The second kappa shape index (κ2) is 6.22. The smallest absolute Gasteiger partial charge is 0.231 e. The van der Waals surface area contributed by atoms with Gasteiger partial charge in [-0.05, 0) is 18.2 Å². The van der Waals surface area contributed by atoms with Gasteiger partial charge in [0.05, 0.1) is 24.3 Å². The number of phenolic OH excluding ortho intramolecular Hbond substituents is 2. The Morgan fingerprint density at radius 3 is 2.33 bits per heavy atom. The molecule has 24 heavy (non-hydrogen) atoms. The van der Waals surface area contributed by atoms with Gasteiger partial charge in [0.1, 0.15) is 30.6 Å². The average molecular weight is 330 g/mol. The maximum absolute atomic E-state index is 10.6. The molecule has 2 aromatic rings. The normalized spacial score (nSPS) is 18.5. The van der Waals surface area contributed by atoms with Crippen molar-refractivity contribution in [2.24, 2.45) is 0 Å². The second-order valence-corrected chi connectivity index (χ2v) is 6.03. The summed E-state index contributed by atoms with van der Waals surface area (Å²) in [4.78, 5) is 1.23. The lowest BCUT2D eigenvalue weighted by atomic mass is 9.94. The Morgan fingerprint density at radius 1 is 0.875 bits per heavy atom. The molecular formula is C18H20NO5+. The molecule has 4 rings (SSSR count). The molecule has 1 atom stereocenters. The molecular weight excluding hydrogens is 310 g/mol. The molecule has 6 nitrogen and oxygen atoms in total. The Kier molecular flexibility index (Phi) is 3.92. The molecule has 0 saturated carbocycles. The Labute approximate surface area is 139 Å². The van der Waals surface area contributed by atoms with Gasteiger partial charge in [-0.2, -0.15) is 0 Å². The summed E-state index contributed by atoms with van der Waals surface area (Å²) >= 11 is 0. The second-order valence-electron chi connectivity index (χ2n) is 6.03. The average Bonchev–Trinajstić information content (AvgIpc) is 3.05. The van der Waals surface area contributed by atoms with Crippen LogP contribution in [-0.2, 0) is 4.74 Å². The number of hydrogen-bond acceptors (Lipinski definition) is 5. The number of hydrogen-bond donors (Lipinski definition) is 3. The predicted octanol–water partition coefficient (Wildman–Crippen LogP) is 0.831. The van der Waals surface area contributed by atoms with Crippen molar-refractivity contribution in [1.29, 1.82) is 0 Å². The zero-order valence-electron chi connectivity index (χ0n) is 13.2. The highest BCUT2D eigenvalue weighted by atomic mass is 16.7. The van der Waals surface area contributed by atoms with Gasteiger partial charge in [0, 0.05) is 6.07 Å². The molecule has 126 valence electrons. The van der Waals surface area contributed by atoms with Crippen molar-refractivity contribution < 1.29 is 29.3 Å². The third-order valence-corrected chi connectivity index (χ3v) is 4.62. The summed E-state index contributed by atoms with van der Waals surface area (Å²) in [6.45, 7) is 3.07. The minimum absolute atomic E-state index is 0.145. The Morgan fingerprint density at radius 2 is 1.58 bits per heavy atom. The van der Waals surface area contributed by atoms with Crippen LogP contribution in [0, 0.1) is 0 Å². The first-order chi connectivity index (χ1) is 11.7. The largest absolute Gasteiger partial charge is 0.507 e. The van der Waals surface area contributed by atoms with Crippen molar-refractivity contribution in [3.8, 4) is 23.0 Å². The summed E-state index contributed by atoms with van der Waals surface area (Å²) in [5.41, 5.74) is 1.50. The summed E-state index contributed by atoms with van der Waals surface area (Å²) in [5.74, 6) is 1.53. The van der Waals surface area contributed by atoms with Crippen LogP contribution in [0.3, 0.4) is 0 Å². The van der Waals surface area contributed by atoms with E-state index in [4.69, 9.17) is 14.2 Å². The van der Waals surface area contributed by atoms with E-state index >= 15 is 0 Å². The number of quaternary nitrogens is 1. The van der Waals surface area contributed by atoms with Gasteiger partial charge in [-0.3, -0.25) is 0 Å². The van der Waals surface area contributed by atoms with Gasteiger partial charge >= 0.3 is 0 Å². The zero-order chi connectivity index (χ0) is 16.5. The van der Waals surface area contributed by atoms with Crippen LogP contribution < -0.4 is 14.4 Å². The van der Waals surface area contributed by atoms with Gasteiger partial charge in [-0.15, -0.1) is 0 Å². The van der Waals surface area contributed by atoms with E-state index in [0.717, 1.165) is 24.2 Å². The minimum Gasteiger partial charge on any atom is -0.507 e. The Balaban J connectivity index is 1.82. The van der Waals surface area contributed by atoms with Gasteiger partial charge in [-0.25, -0.2) is 0 Å². The fourth-order valence-corrected chi connectivity index (χ4v) is 3.44. The summed E-state index contributed by atoms with van der Waals surface area (Å²) in [6, 6.07) is 10.5. The number of nitrogens with one attached hydrogen (secondary N) is 1. The van der Waals surface area contributed by atoms with Gasteiger partial charge in [0.2, 0.25) is 6.79 Å². The molecule has 0 spiro atoms. The van der Waals surface area contributed by atoms with E-state index in [9.17, 15) is 10.2 Å². The van der Waals surface area contributed by atoms with E-state index in [1.54, 1.807) is 18.2 Å². The number of rotatable bonds is 3. The molecule has 0 radical (unpaired) electrons. The lowest BCUT2D eigenvalue weighted by Gasteiger charge is -2.32. The highest BCUT2D eigenvalue weighted by Crippen LogP contribution is 2.41. The van der Waals surface area contributed by atoms with Crippen LogP contribution in [-0.4, -0.2) is 43.3 Å². The Bertz CT molecular complexity index is 742. The number of morpholine rings is 1. The van der Waals surface area contributed by atoms with Crippen molar-refractivity contribution in [1.82, 2.24) is 0 Å². The van der Waals surface area contributed by atoms with Crippen molar-refractivity contribution in [3.05, 3.63) is 47.5 Å². The molecule has 0 unspecified atom stereocenters. The molecule has 0 amide bonds. The van der Waals surface area contributed by atoms with Crippen molar-refractivity contribution in [2.45, 2.75) is 6.04 Å². The summed E-state index contributed by atoms with van der Waals surface area (Å²) in [6.07, 6.45) is 0. The first-order valence-corrected chi connectivity index (χ1v) is 8.07. The maximum atomic E-state index is 10.6. The van der Waals surface area contributed by atoms with E-state index in [1.165, 1.54) is 4.90 Å². The SMILES string of the molecule is Oc1ccccc1[C@@H](c1cc2c(cc1O)OCO2)[NH+]1CCOCC1. The third kappa shape index (κ3) is 2.64. The number of para-hydroxylation sites is 1. The highest BCUT2D eigenvalue weighted by Gasteiger charge is 2.33. The fraction of sp³-hybridized carbons (Fsp3) is 0.333. The molecule has 3 N–H and O–H groups in total. The molecule has 1 fully saturated rings. The number of phenols is 2. The van der Waals surface area contributed by atoms with Crippen LogP contribution in [0.2, 0.25) is 0 Å². The summed E-state index contributed by atoms with van der Waals surface area (Å²) in [5, 5.41) is 20.9. The lowest BCUT2D eigenvalue weighted by molar-refractivity contribution is -0.933. The predicted molar refractivity (Wildman–Crippen MR) is 85.7 cm³/mol. The molecule has 2 aliphatic heterocycles. The molecule has 1 saturated heterocycles. The third-order valence-electron chi connectivity index (χ3n) is 4.62. The fourth-order valence-electron chi connectivity index (χ4n) is 3.44. The van der Waals surface area contributed by atoms with Crippen LogP contribution >= 0.6 is 0 Å². The van der Waals surface area contributed by atoms with Crippen molar-refractivity contribution >= 4 is 0 Å². The molecule has 0 aliphatic carbocycles. The number of aromatic hydroxyl groups is 2. The van der Waals surface area contributed by atoms with Crippen LogP contribution in [0.1, 0.15) is 17.2 Å². The number of fused-ring (bicyclic) bond motifs is 1. The molecule has 6 heteroatoms. The van der Waals surface area contributed by atoms with E-state index in [1.807, 2.05) is 18.2 Å². The van der Waals surface area contributed by atoms with Crippen LogP contribution in [0.15, 0.2) is 36.4 Å². The van der Waals surface area contributed by atoms with Crippen molar-refractivity contribution in [2.75, 3.05) is 33.1 Å². The van der Waals surface area contributed by atoms with Crippen LogP contribution in [0.4, 0.5) is 0 Å². The van der Waals surface area contributed by atoms with E-state index in [-0.39, 0.29) is 24.3 Å². The number of benzene rings is 2. The minimum atomic E-state index is -0.204. The number of ether oxygens (including phenoxy) is 3. The monoisotopic (exact) mass is 330 g/mol. The highest BCUT2D eigenvalue weighted by molar-refractivity contribution is 5.54. The standard InChI is InChI=1S/C18H19NO5/c20-14-4-2-1-3-12(14)18(19-5-7-22-8-6-19)13-9-16-17(10-15(13)21)24-11-23-16/h1-4,9-10,18,20-21H,5-8,11H2/p+1/t18-/m0/s1. The van der Waals surface area contributed by atoms with Gasteiger partial charge in [0.15, 0.2) is 11.5 Å². The lowest BCUT2D eigenvalue weighted by Crippen LogP contribution is -3.14. The van der Waals surface area contributed by atoms with E-state index in [0.29, 0.717) is 24.7 Å². The molecule has 0 bridgehead atoms. The van der Waals surface area contributed by atoms with Gasteiger partial charge in [-0.1, -0.05) is 12.1 Å². The van der Waals surface area contributed by atoms with Crippen LogP contribution in [0.25, 0.3) is 0 Å². The molecule has 2 heterocycles. The van der Waals surface area contributed by atoms with Gasteiger partial charge in [0.25, 0.3) is 0 Å².